The number of carbonyl (C=O) groups is 1. The Balaban J connectivity index is 3.59. The van der Waals surface area contributed by atoms with Crippen LogP contribution in [0, 0.1) is 0 Å². The highest BCUT2D eigenvalue weighted by Gasteiger charge is 2.20. The summed E-state index contributed by atoms with van der Waals surface area (Å²) in [5.74, 6) is -0.0801. The van der Waals surface area contributed by atoms with E-state index in [1.54, 1.807) is 0 Å². The lowest BCUT2D eigenvalue weighted by Gasteiger charge is -2.28. The van der Waals surface area contributed by atoms with E-state index in [2.05, 4.69) is 21.0 Å². The number of nitrogens with zero attached hydrogens (tertiary/aromatic N) is 1. The van der Waals surface area contributed by atoms with Crippen LogP contribution in [-0.4, -0.2) is 44.2 Å². The van der Waals surface area contributed by atoms with E-state index < -0.39 is 0 Å². The van der Waals surface area contributed by atoms with Gasteiger partial charge in [-0.15, -0.1) is 0 Å². The lowest BCUT2D eigenvalue weighted by atomic mass is 10.1. The molecule has 3 nitrogen and oxygen atoms in total. The van der Waals surface area contributed by atoms with E-state index in [0.717, 1.165) is 11.0 Å². The first-order chi connectivity index (χ1) is 8.02. The van der Waals surface area contributed by atoms with Crippen molar-refractivity contribution in [3.8, 4) is 0 Å². The highest BCUT2D eigenvalue weighted by Crippen LogP contribution is 2.08. The topological polar surface area (TPSA) is 26.3 Å². The molecule has 0 fully saturated rings. The molecule has 0 N–H and O–H groups in total. The highest BCUT2D eigenvalue weighted by molar-refractivity contribution is 5.70. The van der Waals surface area contributed by atoms with Gasteiger partial charge < -0.3 is 9.22 Å². The first-order valence-corrected chi connectivity index (χ1v) is 6.99. The fraction of sp³-hybridized carbons (Fsp3) is 0.929. The van der Waals surface area contributed by atoms with Gasteiger partial charge in [0.25, 0.3) is 0 Å². The molecule has 0 aliphatic rings. The lowest BCUT2D eigenvalue weighted by Crippen LogP contribution is -2.45. The van der Waals surface area contributed by atoms with Crippen LogP contribution in [0.25, 0.3) is 0 Å². The molecular formula is C14H30NO2+. The molecule has 0 aromatic heterocycles. The third-order valence-corrected chi connectivity index (χ3v) is 2.98. The SMILES string of the molecule is CCCCCCCC[N+](C)(C)CC(=O)OCC. The summed E-state index contributed by atoms with van der Waals surface area (Å²) >= 11 is 0. The first kappa shape index (κ1) is 16.4. The predicted molar refractivity (Wildman–Crippen MR) is 71.9 cm³/mol. The maximum absolute atomic E-state index is 11.4. The molecule has 0 bridgehead atoms. The molecule has 3 heteroatoms. The van der Waals surface area contributed by atoms with E-state index in [1.165, 1.54) is 38.5 Å². The number of esters is 1. The van der Waals surface area contributed by atoms with Crippen molar-refractivity contribution in [1.82, 2.24) is 0 Å². The molecule has 0 spiro atoms. The molecule has 0 aliphatic heterocycles. The van der Waals surface area contributed by atoms with Crippen molar-refractivity contribution in [2.24, 2.45) is 0 Å². The summed E-state index contributed by atoms with van der Waals surface area (Å²) in [7, 11) is 4.20. The van der Waals surface area contributed by atoms with Crippen molar-refractivity contribution in [3.63, 3.8) is 0 Å². The van der Waals surface area contributed by atoms with Gasteiger partial charge in [0.1, 0.15) is 0 Å². The number of carbonyl (C=O) groups excluding carboxylic acids is 1. The molecule has 102 valence electrons. The second kappa shape index (κ2) is 9.46. The number of likely N-dealkylation sites (N-methyl/N-ethyl adjacent to an activating group) is 1. The Morgan fingerprint density at radius 1 is 1.00 bits per heavy atom. The number of hydrogen-bond acceptors (Lipinski definition) is 2. The van der Waals surface area contributed by atoms with Gasteiger partial charge in [-0.3, -0.25) is 0 Å². The zero-order valence-corrected chi connectivity index (χ0v) is 12.1. The van der Waals surface area contributed by atoms with Crippen molar-refractivity contribution in [2.45, 2.75) is 52.4 Å². The van der Waals surface area contributed by atoms with Crippen molar-refractivity contribution in [3.05, 3.63) is 0 Å². The van der Waals surface area contributed by atoms with E-state index in [0.29, 0.717) is 13.2 Å². The normalized spacial score (nSPS) is 11.5. The monoisotopic (exact) mass is 244 g/mol. The fourth-order valence-electron chi connectivity index (χ4n) is 1.96. The molecule has 0 unspecified atom stereocenters. The summed E-state index contributed by atoms with van der Waals surface area (Å²) in [5.41, 5.74) is 0. The van der Waals surface area contributed by atoms with Crippen LogP contribution in [-0.2, 0) is 9.53 Å². The van der Waals surface area contributed by atoms with Crippen LogP contribution in [0.15, 0.2) is 0 Å². The Morgan fingerprint density at radius 3 is 2.18 bits per heavy atom. The quantitative estimate of drug-likeness (QED) is 0.335. The minimum absolute atomic E-state index is 0.0801. The molecule has 0 atom stereocenters. The second-order valence-electron chi connectivity index (χ2n) is 5.39. The number of hydrogen-bond donors (Lipinski definition) is 0. The average molecular weight is 244 g/mol. The molecule has 0 amide bonds. The van der Waals surface area contributed by atoms with Gasteiger partial charge in [0.2, 0.25) is 0 Å². The summed E-state index contributed by atoms with van der Waals surface area (Å²) in [4.78, 5) is 11.4. The molecule has 0 aromatic carbocycles. The molecule has 0 rings (SSSR count). The highest BCUT2D eigenvalue weighted by atomic mass is 16.5. The number of unbranched alkanes of at least 4 members (excludes halogenated alkanes) is 5. The largest absolute Gasteiger partial charge is 0.462 e. The Bertz CT molecular complexity index is 202. The Hall–Kier alpha value is -0.570. The van der Waals surface area contributed by atoms with Crippen LogP contribution in [0.1, 0.15) is 52.4 Å². The summed E-state index contributed by atoms with van der Waals surface area (Å²) in [6, 6.07) is 0. The van der Waals surface area contributed by atoms with Gasteiger partial charge in [-0.25, -0.2) is 4.79 Å². The third-order valence-electron chi connectivity index (χ3n) is 2.98. The summed E-state index contributed by atoms with van der Waals surface area (Å²) in [6.45, 7) is 6.12. The molecule has 0 heterocycles. The van der Waals surface area contributed by atoms with Crippen LogP contribution in [0.2, 0.25) is 0 Å². The average Bonchev–Trinajstić information content (AvgIpc) is 2.22. The molecule has 0 saturated carbocycles. The van der Waals surface area contributed by atoms with E-state index in [1.807, 2.05) is 6.92 Å². The van der Waals surface area contributed by atoms with Crippen molar-refractivity contribution < 1.29 is 14.0 Å². The Labute approximate surface area is 107 Å². The van der Waals surface area contributed by atoms with Crippen molar-refractivity contribution >= 4 is 5.97 Å². The third kappa shape index (κ3) is 10.3. The van der Waals surface area contributed by atoms with Crippen molar-refractivity contribution in [2.75, 3.05) is 33.8 Å². The molecule has 17 heavy (non-hydrogen) atoms. The summed E-state index contributed by atoms with van der Waals surface area (Å²) in [5, 5.41) is 0. The van der Waals surface area contributed by atoms with Gasteiger partial charge in [0.15, 0.2) is 6.54 Å². The smallest absolute Gasteiger partial charge is 0.361 e. The van der Waals surface area contributed by atoms with Crippen LogP contribution < -0.4 is 0 Å². The Morgan fingerprint density at radius 2 is 1.59 bits per heavy atom. The van der Waals surface area contributed by atoms with Gasteiger partial charge in [-0.05, 0) is 19.8 Å². The van der Waals surface area contributed by atoms with E-state index >= 15 is 0 Å². The van der Waals surface area contributed by atoms with Gasteiger partial charge in [-0.2, -0.15) is 0 Å². The maximum Gasteiger partial charge on any atom is 0.361 e. The number of quaternary nitrogens is 1. The Kier molecular flexibility index (Phi) is 9.14. The molecule has 0 aliphatic carbocycles. The zero-order valence-electron chi connectivity index (χ0n) is 12.1. The van der Waals surface area contributed by atoms with Crippen LogP contribution in [0.4, 0.5) is 0 Å². The number of rotatable bonds is 10. The first-order valence-electron chi connectivity index (χ1n) is 6.99. The van der Waals surface area contributed by atoms with E-state index in [4.69, 9.17) is 4.74 Å². The molecule has 0 aromatic rings. The van der Waals surface area contributed by atoms with Gasteiger partial charge in [-0.1, -0.05) is 32.6 Å². The van der Waals surface area contributed by atoms with Crippen LogP contribution in [0.3, 0.4) is 0 Å². The molecule has 0 radical (unpaired) electrons. The summed E-state index contributed by atoms with van der Waals surface area (Å²) in [6.07, 6.45) is 7.81. The predicted octanol–water partition coefficient (Wildman–Crippen LogP) is 2.99. The minimum atomic E-state index is -0.0801. The van der Waals surface area contributed by atoms with Crippen molar-refractivity contribution in [1.29, 1.82) is 0 Å². The number of ether oxygens (including phenoxy) is 1. The zero-order chi connectivity index (χ0) is 13.1. The van der Waals surface area contributed by atoms with Crippen LogP contribution >= 0.6 is 0 Å². The minimum Gasteiger partial charge on any atom is -0.462 e. The second-order valence-corrected chi connectivity index (χ2v) is 5.39. The van der Waals surface area contributed by atoms with Crippen LogP contribution in [0.5, 0.6) is 0 Å². The fourth-order valence-corrected chi connectivity index (χ4v) is 1.96. The van der Waals surface area contributed by atoms with Gasteiger partial charge in [0, 0.05) is 0 Å². The standard InChI is InChI=1S/C14H30NO2/c1-5-7-8-9-10-11-12-15(3,4)13-14(16)17-6-2/h5-13H2,1-4H3/q+1. The summed E-state index contributed by atoms with van der Waals surface area (Å²) < 4.78 is 5.73. The van der Waals surface area contributed by atoms with E-state index in [9.17, 15) is 4.79 Å². The molecule has 0 saturated heterocycles. The lowest BCUT2D eigenvalue weighted by molar-refractivity contribution is -0.883. The maximum atomic E-state index is 11.4. The van der Waals surface area contributed by atoms with E-state index in [-0.39, 0.29) is 5.97 Å². The van der Waals surface area contributed by atoms with Gasteiger partial charge >= 0.3 is 5.97 Å². The van der Waals surface area contributed by atoms with Gasteiger partial charge in [0.05, 0.1) is 27.2 Å². The molecular weight excluding hydrogens is 214 g/mol.